The number of carbonyl (C=O) groups is 2. The fraction of sp³-hybridized carbons (Fsp3) is 0.500. The van der Waals surface area contributed by atoms with Crippen molar-refractivity contribution in [2.45, 2.75) is 26.2 Å². The molecule has 1 amide bonds. The molecule has 0 atom stereocenters. The van der Waals surface area contributed by atoms with E-state index in [-0.39, 0.29) is 17.8 Å². The van der Waals surface area contributed by atoms with Crippen LogP contribution in [-0.2, 0) is 9.53 Å². The minimum Gasteiger partial charge on any atom is -0.462 e. The van der Waals surface area contributed by atoms with Gasteiger partial charge in [-0.1, -0.05) is 6.42 Å². The largest absolute Gasteiger partial charge is 0.462 e. The molecule has 1 N–H and O–H groups in total. The number of nitrogens with one attached hydrogen (secondary N) is 1. The summed E-state index contributed by atoms with van der Waals surface area (Å²) in [6.45, 7) is 2.10. The predicted molar refractivity (Wildman–Crippen MR) is 66.2 cm³/mol. The zero-order valence-electron chi connectivity index (χ0n) is 9.69. The number of hydrogen-bond acceptors (Lipinski definition) is 4. The minimum atomic E-state index is -0.377. The van der Waals surface area contributed by atoms with Gasteiger partial charge in [0.2, 0.25) is 5.91 Å². The molecule has 92 valence electrons. The molecule has 0 saturated heterocycles. The summed E-state index contributed by atoms with van der Waals surface area (Å²) in [5, 5.41) is 5.19. The molecule has 1 fully saturated rings. The molecule has 1 saturated carbocycles. The highest BCUT2D eigenvalue weighted by Crippen LogP contribution is 2.30. The molecule has 5 heteroatoms. The van der Waals surface area contributed by atoms with Gasteiger partial charge in [0.1, 0.15) is 5.00 Å². The van der Waals surface area contributed by atoms with Crippen LogP contribution in [0.3, 0.4) is 0 Å². The molecular formula is C12H15NO3S. The van der Waals surface area contributed by atoms with Crippen molar-refractivity contribution in [2.24, 2.45) is 5.92 Å². The summed E-state index contributed by atoms with van der Waals surface area (Å²) in [6.07, 6.45) is 3.02. The maximum absolute atomic E-state index is 11.8. The number of ether oxygens (including phenoxy) is 1. The van der Waals surface area contributed by atoms with Crippen LogP contribution in [0.2, 0.25) is 0 Å². The molecule has 0 aromatic carbocycles. The van der Waals surface area contributed by atoms with Crippen molar-refractivity contribution in [3.63, 3.8) is 0 Å². The lowest BCUT2D eigenvalue weighted by Crippen LogP contribution is -2.28. The second-order valence-corrected chi connectivity index (χ2v) is 4.92. The zero-order chi connectivity index (χ0) is 12.3. The van der Waals surface area contributed by atoms with Crippen LogP contribution in [0.5, 0.6) is 0 Å². The molecule has 1 aliphatic carbocycles. The quantitative estimate of drug-likeness (QED) is 0.839. The lowest BCUT2D eigenvalue weighted by Gasteiger charge is -2.23. The molecule has 17 heavy (non-hydrogen) atoms. The highest BCUT2D eigenvalue weighted by atomic mass is 32.1. The minimum absolute atomic E-state index is 0.0178. The summed E-state index contributed by atoms with van der Waals surface area (Å²) in [7, 11) is 0. The molecule has 0 spiro atoms. The SMILES string of the molecule is CCOC(=O)c1ccsc1NC(=O)C1CCC1. The number of thiophene rings is 1. The van der Waals surface area contributed by atoms with Crippen molar-refractivity contribution >= 4 is 28.2 Å². The van der Waals surface area contributed by atoms with Gasteiger partial charge in [0.25, 0.3) is 0 Å². The molecule has 1 heterocycles. The van der Waals surface area contributed by atoms with Crippen molar-refractivity contribution in [2.75, 3.05) is 11.9 Å². The number of esters is 1. The third-order valence-corrected chi connectivity index (χ3v) is 3.70. The molecule has 0 bridgehead atoms. The number of anilines is 1. The topological polar surface area (TPSA) is 55.4 Å². The second-order valence-electron chi connectivity index (χ2n) is 4.00. The van der Waals surface area contributed by atoms with Crippen LogP contribution in [-0.4, -0.2) is 18.5 Å². The van der Waals surface area contributed by atoms with E-state index >= 15 is 0 Å². The third kappa shape index (κ3) is 2.66. The Kier molecular flexibility index (Phi) is 3.78. The van der Waals surface area contributed by atoms with Gasteiger partial charge in [-0.3, -0.25) is 4.79 Å². The molecule has 0 unspecified atom stereocenters. The van der Waals surface area contributed by atoms with Gasteiger partial charge < -0.3 is 10.1 Å². The Hall–Kier alpha value is -1.36. The molecule has 1 aliphatic rings. The Morgan fingerprint density at radius 2 is 2.29 bits per heavy atom. The first kappa shape index (κ1) is 12.1. The summed E-state index contributed by atoms with van der Waals surface area (Å²) < 4.78 is 4.93. The van der Waals surface area contributed by atoms with Gasteiger partial charge >= 0.3 is 5.97 Å². The van der Waals surface area contributed by atoms with Gasteiger partial charge in [0.05, 0.1) is 12.2 Å². The van der Waals surface area contributed by atoms with Crippen molar-refractivity contribution in [3.8, 4) is 0 Å². The van der Waals surface area contributed by atoms with Gasteiger partial charge in [-0.05, 0) is 31.2 Å². The van der Waals surface area contributed by atoms with Crippen LogP contribution in [0.15, 0.2) is 11.4 Å². The Morgan fingerprint density at radius 1 is 1.53 bits per heavy atom. The van der Waals surface area contributed by atoms with Crippen LogP contribution in [0.25, 0.3) is 0 Å². The van der Waals surface area contributed by atoms with Gasteiger partial charge in [-0.2, -0.15) is 0 Å². The van der Waals surface area contributed by atoms with Crippen LogP contribution >= 0.6 is 11.3 Å². The monoisotopic (exact) mass is 253 g/mol. The normalized spacial score (nSPS) is 15.1. The molecule has 0 aliphatic heterocycles. The fourth-order valence-electron chi connectivity index (χ4n) is 1.66. The smallest absolute Gasteiger partial charge is 0.341 e. The fourth-order valence-corrected chi connectivity index (χ4v) is 2.44. The average molecular weight is 253 g/mol. The maximum atomic E-state index is 11.8. The van der Waals surface area contributed by atoms with E-state index in [1.165, 1.54) is 11.3 Å². The van der Waals surface area contributed by atoms with Crippen molar-refractivity contribution in [1.29, 1.82) is 0 Å². The Labute approximate surface area is 104 Å². The first-order valence-corrected chi connectivity index (χ1v) is 6.65. The summed E-state index contributed by atoms with van der Waals surface area (Å²) in [5.74, 6) is -0.242. The summed E-state index contributed by atoms with van der Waals surface area (Å²) in [4.78, 5) is 23.4. The molecule has 1 aromatic heterocycles. The lowest BCUT2D eigenvalue weighted by atomic mass is 9.85. The van der Waals surface area contributed by atoms with Crippen molar-refractivity contribution in [3.05, 3.63) is 17.0 Å². The van der Waals surface area contributed by atoms with E-state index in [9.17, 15) is 9.59 Å². The Morgan fingerprint density at radius 3 is 2.88 bits per heavy atom. The highest BCUT2D eigenvalue weighted by Gasteiger charge is 2.26. The molecular weight excluding hydrogens is 238 g/mol. The number of rotatable bonds is 4. The van der Waals surface area contributed by atoms with E-state index in [1.807, 2.05) is 0 Å². The van der Waals surface area contributed by atoms with E-state index < -0.39 is 0 Å². The van der Waals surface area contributed by atoms with Crippen LogP contribution < -0.4 is 5.32 Å². The highest BCUT2D eigenvalue weighted by molar-refractivity contribution is 7.14. The predicted octanol–water partition coefficient (Wildman–Crippen LogP) is 2.66. The maximum Gasteiger partial charge on any atom is 0.341 e. The standard InChI is InChI=1S/C12H15NO3S/c1-2-16-12(15)9-6-7-17-11(9)13-10(14)8-4-3-5-8/h6-8H,2-5H2,1H3,(H,13,14). The lowest BCUT2D eigenvalue weighted by molar-refractivity contribution is -0.122. The van der Waals surface area contributed by atoms with E-state index in [1.54, 1.807) is 18.4 Å². The third-order valence-electron chi connectivity index (χ3n) is 2.87. The van der Waals surface area contributed by atoms with Crippen LogP contribution in [0.4, 0.5) is 5.00 Å². The van der Waals surface area contributed by atoms with Crippen LogP contribution in [0.1, 0.15) is 36.5 Å². The Bertz CT molecular complexity index is 423. The molecule has 1 aromatic rings. The zero-order valence-corrected chi connectivity index (χ0v) is 10.5. The average Bonchev–Trinajstić information content (AvgIpc) is 2.63. The van der Waals surface area contributed by atoms with E-state index in [4.69, 9.17) is 4.74 Å². The summed E-state index contributed by atoms with van der Waals surface area (Å²) in [6, 6.07) is 1.68. The molecule has 0 radical (unpaired) electrons. The van der Waals surface area contributed by atoms with Gasteiger partial charge in [0, 0.05) is 5.92 Å². The van der Waals surface area contributed by atoms with Gasteiger partial charge in [-0.15, -0.1) is 11.3 Å². The summed E-state index contributed by atoms with van der Waals surface area (Å²) >= 11 is 1.35. The first-order valence-electron chi connectivity index (χ1n) is 5.78. The summed E-state index contributed by atoms with van der Waals surface area (Å²) in [5.41, 5.74) is 0.449. The van der Waals surface area contributed by atoms with Crippen LogP contribution in [0, 0.1) is 5.92 Å². The molecule has 4 nitrogen and oxygen atoms in total. The molecule has 2 rings (SSSR count). The Balaban J connectivity index is 2.03. The van der Waals surface area contributed by atoms with Gasteiger partial charge in [-0.25, -0.2) is 4.79 Å². The van der Waals surface area contributed by atoms with E-state index in [2.05, 4.69) is 5.32 Å². The first-order chi connectivity index (χ1) is 8.22. The second kappa shape index (κ2) is 5.31. The number of amides is 1. The van der Waals surface area contributed by atoms with Crippen molar-refractivity contribution in [1.82, 2.24) is 0 Å². The van der Waals surface area contributed by atoms with E-state index in [0.717, 1.165) is 19.3 Å². The van der Waals surface area contributed by atoms with E-state index in [0.29, 0.717) is 17.2 Å². The van der Waals surface area contributed by atoms with Crippen molar-refractivity contribution < 1.29 is 14.3 Å². The number of hydrogen-bond donors (Lipinski definition) is 1. The number of carbonyl (C=O) groups excluding carboxylic acids is 2. The van der Waals surface area contributed by atoms with Gasteiger partial charge in [0.15, 0.2) is 0 Å².